The lowest BCUT2D eigenvalue weighted by atomic mass is 9.89. The Labute approximate surface area is 235 Å². The standard InChI is InChI=1S/C28H32F3N7O3/c29-28(30,31)25-32-14-21(15-33-25)37-10-4-6-19(17-37)35-22-8-1-2-9-23(22)36-26-34-16-24(41-26)18-5-3-7-20(13-18)38-11-12-40-27(38)39/h3,5,7,13-16,19,22-23,35H,1-2,4,6,8-12,17H2,(H,34,36)/t19-,22+,23+/m0/s1. The van der Waals surface area contributed by atoms with Crippen molar-refractivity contribution in [2.45, 2.75) is 62.8 Å². The zero-order chi connectivity index (χ0) is 28.4. The number of rotatable bonds is 7. The molecule has 3 aromatic rings. The Bertz CT molecular complexity index is 1350. The van der Waals surface area contributed by atoms with Gasteiger partial charge in [0.25, 0.3) is 6.01 Å². The summed E-state index contributed by atoms with van der Waals surface area (Å²) in [7, 11) is 0. The van der Waals surface area contributed by atoms with E-state index < -0.39 is 12.0 Å². The molecule has 2 N–H and O–H groups in total. The number of benzene rings is 1. The highest BCUT2D eigenvalue weighted by Gasteiger charge is 2.35. The number of alkyl halides is 3. The lowest BCUT2D eigenvalue weighted by molar-refractivity contribution is -0.145. The van der Waals surface area contributed by atoms with E-state index in [1.165, 1.54) is 12.4 Å². The van der Waals surface area contributed by atoms with Gasteiger partial charge >= 0.3 is 12.3 Å². The lowest BCUT2D eigenvalue weighted by Crippen LogP contribution is -2.55. The maximum atomic E-state index is 12.9. The second kappa shape index (κ2) is 11.6. The normalized spacial score (nSPS) is 23.5. The van der Waals surface area contributed by atoms with Gasteiger partial charge in [-0.15, -0.1) is 0 Å². The highest BCUT2D eigenvalue weighted by Crippen LogP contribution is 2.31. The number of piperidine rings is 1. The molecule has 2 aromatic heterocycles. The number of ether oxygens (including phenoxy) is 1. The van der Waals surface area contributed by atoms with Crippen LogP contribution in [0.15, 0.2) is 47.3 Å². The Kier molecular flexibility index (Phi) is 7.69. The van der Waals surface area contributed by atoms with E-state index in [2.05, 4.69) is 25.6 Å². The van der Waals surface area contributed by atoms with Crippen molar-refractivity contribution in [1.29, 1.82) is 0 Å². The highest BCUT2D eigenvalue weighted by atomic mass is 19.4. The summed E-state index contributed by atoms with van der Waals surface area (Å²) in [5, 5.41) is 7.29. The van der Waals surface area contributed by atoms with E-state index >= 15 is 0 Å². The van der Waals surface area contributed by atoms with Gasteiger partial charge in [-0.05, 0) is 37.8 Å². The first-order valence-electron chi connectivity index (χ1n) is 14.0. The van der Waals surface area contributed by atoms with Crippen LogP contribution < -0.4 is 20.4 Å². The van der Waals surface area contributed by atoms with Crippen LogP contribution in [0.25, 0.3) is 11.3 Å². The largest absolute Gasteiger partial charge is 0.451 e. The lowest BCUT2D eigenvalue weighted by Gasteiger charge is -2.40. The molecule has 2 saturated heterocycles. The van der Waals surface area contributed by atoms with Gasteiger partial charge in [-0.25, -0.2) is 19.7 Å². The second-order valence-electron chi connectivity index (χ2n) is 10.7. The molecule has 3 aliphatic rings. The molecule has 1 amide bonds. The fourth-order valence-corrected chi connectivity index (χ4v) is 5.87. The van der Waals surface area contributed by atoms with Crippen LogP contribution >= 0.6 is 0 Å². The van der Waals surface area contributed by atoms with Gasteiger partial charge < -0.3 is 24.7 Å². The van der Waals surface area contributed by atoms with Crippen LogP contribution in [-0.2, 0) is 10.9 Å². The molecule has 2 aliphatic heterocycles. The van der Waals surface area contributed by atoms with Gasteiger partial charge in [-0.1, -0.05) is 25.0 Å². The predicted octanol–water partition coefficient (Wildman–Crippen LogP) is 5.09. The third-order valence-electron chi connectivity index (χ3n) is 7.91. The van der Waals surface area contributed by atoms with Gasteiger partial charge in [0.1, 0.15) is 6.61 Å². The van der Waals surface area contributed by atoms with E-state index in [0.29, 0.717) is 37.2 Å². The zero-order valence-corrected chi connectivity index (χ0v) is 22.4. The molecule has 1 aromatic carbocycles. The van der Waals surface area contributed by atoms with Crippen molar-refractivity contribution in [3.05, 3.63) is 48.7 Å². The quantitative estimate of drug-likeness (QED) is 0.401. The Hall–Kier alpha value is -3.87. The number of aromatic nitrogens is 3. The average Bonchev–Trinajstić information content (AvgIpc) is 3.63. The molecule has 0 bridgehead atoms. The third-order valence-corrected chi connectivity index (χ3v) is 7.91. The van der Waals surface area contributed by atoms with Gasteiger partial charge in [0.2, 0.25) is 5.82 Å². The summed E-state index contributed by atoms with van der Waals surface area (Å²) in [6.07, 6.45) is 5.36. The first-order chi connectivity index (χ1) is 19.8. The minimum absolute atomic E-state index is 0.116. The molecule has 0 spiro atoms. The molecule has 3 fully saturated rings. The maximum absolute atomic E-state index is 12.9. The molecule has 218 valence electrons. The molecule has 1 aliphatic carbocycles. The van der Waals surface area contributed by atoms with Crippen LogP contribution in [0.5, 0.6) is 0 Å². The number of oxazole rings is 1. The number of halogens is 3. The third kappa shape index (κ3) is 6.24. The van der Waals surface area contributed by atoms with Crippen LogP contribution in [0.2, 0.25) is 0 Å². The van der Waals surface area contributed by atoms with E-state index in [1.54, 1.807) is 11.1 Å². The Morgan fingerprint density at radius 1 is 0.927 bits per heavy atom. The summed E-state index contributed by atoms with van der Waals surface area (Å²) in [5.74, 6) is -0.522. The van der Waals surface area contributed by atoms with Crippen molar-refractivity contribution in [2.75, 3.05) is 41.4 Å². The van der Waals surface area contributed by atoms with Crippen molar-refractivity contribution >= 4 is 23.5 Å². The molecule has 13 heteroatoms. The minimum atomic E-state index is -4.55. The Morgan fingerprint density at radius 3 is 2.49 bits per heavy atom. The Balaban J connectivity index is 1.09. The molecule has 10 nitrogen and oxygen atoms in total. The van der Waals surface area contributed by atoms with Gasteiger partial charge in [-0.3, -0.25) is 4.90 Å². The van der Waals surface area contributed by atoms with Crippen molar-refractivity contribution in [3.8, 4) is 11.3 Å². The summed E-state index contributed by atoms with van der Waals surface area (Å²) >= 11 is 0. The summed E-state index contributed by atoms with van der Waals surface area (Å²) < 4.78 is 49.7. The second-order valence-corrected chi connectivity index (χ2v) is 10.7. The summed E-state index contributed by atoms with van der Waals surface area (Å²) in [5.41, 5.74) is 2.16. The molecule has 0 radical (unpaired) electrons. The first kappa shape index (κ1) is 27.3. The Morgan fingerprint density at radius 2 is 1.73 bits per heavy atom. The number of hydrogen-bond acceptors (Lipinski definition) is 9. The van der Waals surface area contributed by atoms with Gasteiger partial charge in [0, 0.05) is 42.5 Å². The molecular weight excluding hydrogens is 539 g/mol. The van der Waals surface area contributed by atoms with Crippen molar-refractivity contribution in [3.63, 3.8) is 0 Å². The van der Waals surface area contributed by atoms with Crippen LogP contribution in [0.4, 0.5) is 35.4 Å². The monoisotopic (exact) mass is 571 g/mol. The van der Waals surface area contributed by atoms with Crippen LogP contribution in [0.3, 0.4) is 0 Å². The van der Waals surface area contributed by atoms with E-state index in [0.717, 1.165) is 56.3 Å². The molecule has 6 rings (SSSR count). The molecule has 3 atom stereocenters. The number of nitrogens with zero attached hydrogens (tertiary/aromatic N) is 5. The molecule has 1 saturated carbocycles. The van der Waals surface area contributed by atoms with Crippen molar-refractivity contribution < 1.29 is 27.1 Å². The highest BCUT2D eigenvalue weighted by molar-refractivity contribution is 5.90. The van der Waals surface area contributed by atoms with E-state index in [1.807, 2.05) is 29.2 Å². The van der Waals surface area contributed by atoms with Gasteiger partial charge in [0.05, 0.1) is 30.8 Å². The molecule has 41 heavy (non-hydrogen) atoms. The maximum Gasteiger partial charge on any atom is 0.451 e. The van der Waals surface area contributed by atoms with E-state index in [9.17, 15) is 18.0 Å². The van der Waals surface area contributed by atoms with Crippen molar-refractivity contribution in [2.24, 2.45) is 0 Å². The summed E-state index contributed by atoms with van der Waals surface area (Å²) in [6.45, 7) is 2.30. The van der Waals surface area contributed by atoms with E-state index in [-0.39, 0.29) is 24.2 Å². The topological polar surface area (TPSA) is 109 Å². The van der Waals surface area contributed by atoms with Crippen LogP contribution in [0.1, 0.15) is 44.3 Å². The first-order valence-corrected chi connectivity index (χ1v) is 14.0. The van der Waals surface area contributed by atoms with Crippen LogP contribution in [0, 0.1) is 0 Å². The number of carbonyl (C=O) groups excluding carboxylic acids is 1. The zero-order valence-electron chi connectivity index (χ0n) is 22.4. The number of anilines is 3. The number of carbonyl (C=O) groups is 1. The van der Waals surface area contributed by atoms with Crippen LogP contribution in [-0.4, -0.2) is 65.4 Å². The molecule has 4 heterocycles. The molecular formula is C28H32F3N7O3. The average molecular weight is 572 g/mol. The fourth-order valence-electron chi connectivity index (χ4n) is 5.87. The number of hydrogen-bond donors (Lipinski definition) is 2. The van der Waals surface area contributed by atoms with Gasteiger partial charge in [-0.2, -0.15) is 13.2 Å². The number of cyclic esters (lactones) is 1. The van der Waals surface area contributed by atoms with E-state index in [4.69, 9.17) is 9.15 Å². The fraction of sp³-hybridized carbons (Fsp3) is 0.500. The number of nitrogens with one attached hydrogen (secondary N) is 2. The van der Waals surface area contributed by atoms with Crippen molar-refractivity contribution in [1.82, 2.24) is 20.3 Å². The molecule has 0 unspecified atom stereocenters. The van der Waals surface area contributed by atoms with Gasteiger partial charge in [0.15, 0.2) is 5.76 Å². The minimum Gasteiger partial charge on any atom is -0.447 e. The summed E-state index contributed by atoms with van der Waals surface area (Å²) in [4.78, 5) is 27.1. The SMILES string of the molecule is O=C1OCCN1c1cccc(-c2cnc(N[C@@H]3CCCC[C@H]3N[C@H]3CCCN(c4cnc(C(F)(F)F)nc4)C3)o2)c1. The smallest absolute Gasteiger partial charge is 0.447 e. The number of amides is 1. The predicted molar refractivity (Wildman–Crippen MR) is 146 cm³/mol. The summed E-state index contributed by atoms with van der Waals surface area (Å²) in [6, 6.07) is 8.46.